The van der Waals surface area contributed by atoms with Crippen molar-refractivity contribution in [2.75, 3.05) is 13.1 Å². The number of aliphatic hydroxyl groups excluding tert-OH is 1. The molecule has 2 rings (SSSR count). The first-order valence-corrected chi connectivity index (χ1v) is 9.26. The van der Waals surface area contributed by atoms with Gasteiger partial charge in [-0.15, -0.1) is 0 Å². The van der Waals surface area contributed by atoms with Gasteiger partial charge in [-0.25, -0.2) is 8.42 Å². The molecule has 0 unspecified atom stereocenters. The highest BCUT2D eigenvalue weighted by molar-refractivity contribution is 7.89. The van der Waals surface area contributed by atoms with Gasteiger partial charge in [-0.1, -0.05) is 42.5 Å². The number of rotatable bonds is 3. The number of sulfonamides is 1. The molecule has 1 heterocycles. The molecule has 0 aromatic heterocycles. The third-order valence-electron chi connectivity index (χ3n) is 3.74. The van der Waals surface area contributed by atoms with E-state index in [4.69, 9.17) is 23.2 Å². The molecule has 1 fully saturated rings. The van der Waals surface area contributed by atoms with Gasteiger partial charge in [0.2, 0.25) is 10.0 Å². The van der Waals surface area contributed by atoms with Gasteiger partial charge in [0.1, 0.15) is 4.90 Å². The van der Waals surface area contributed by atoms with Crippen molar-refractivity contribution < 1.29 is 13.5 Å². The summed E-state index contributed by atoms with van der Waals surface area (Å²) in [4.78, 5) is 0.0261. The Balaban J connectivity index is 2.38. The largest absolute Gasteiger partial charge is 0.392 e. The average Bonchev–Trinajstić information content (AvgIpc) is 2.37. The molecule has 21 heavy (non-hydrogen) atoms. The summed E-state index contributed by atoms with van der Waals surface area (Å²) in [6.07, 6.45) is 4.96. The lowest BCUT2D eigenvalue weighted by atomic mass is 10.1. The van der Waals surface area contributed by atoms with Crippen LogP contribution in [0.1, 0.15) is 37.7 Å². The van der Waals surface area contributed by atoms with Gasteiger partial charge in [0.15, 0.2) is 0 Å². The third-order valence-corrected chi connectivity index (χ3v) is 6.58. The lowest BCUT2D eigenvalue weighted by Gasteiger charge is -2.25. The minimum Gasteiger partial charge on any atom is -0.392 e. The monoisotopic (exact) mass is 351 g/mol. The molecule has 0 aliphatic carbocycles. The van der Waals surface area contributed by atoms with E-state index in [1.807, 2.05) is 0 Å². The maximum Gasteiger partial charge on any atom is 0.244 e. The summed E-state index contributed by atoms with van der Waals surface area (Å²) < 4.78 is 27.0. The quantitative estimate of drug-likeness (QED) is 0.907. The van der Waals surface area contributed by atoms with Gasteiger partial charge >= 0.3 is 0 Å². The molecule has 1 aromatic carbocycles. The first-order chi connectivity index (χ1) is 9.98. The summed E-state index contributed by atoms with van der Waals surface area (Å²) >= 11 is 12.1. The summed E-state index contributed by atoms with van der Waals surface area (Å²) in [5, 5.41) is 9.60. The fourth-order valence-electron chi connectivity index (χ4n) is 2.52. The van der Waals surface area contributed by atoms with Crippen molar-refractivity contribution in [1.82, 2.24) is 4.31 Å². The van der Waals surface area contributed by atoms with Gasteiger partial charge < -0.3 is 5.11 Å². The molecule has 0 amide bonds. The SMILES string of the molecule is O=S(=O)(c1ccc(Cl)c(CO)c1Cl)N1CCCCCCC1. The molecular weight excluding hydrogens is 333 g/mol. The van der Waals surface area contributed by atoms with Gasteiger partial charge in [-0.05, 0) is 25.0 Å². The predicted molar refractivity (Wildman–Crippen MR) is 84.2 cm³/mol. The van der Waals surface area contributed by atoms with Gasteiger partial charge in [0.25, 0.3) is 0 Å². The number of hydrogen-bond acceptors (Lipinski definition) is 3. The number of hydrogen-bond donors (Lipinski definition) is 1. The fourth-order valence-corrected chi connectivity index (χ4v) is 4.91. The van der Waals surface area contributed by atoms with Gasteiger partial charge in [-0.2, -0.15) is 4.31 Å². The van der Waals surface area contributed by atoms with Gasteiger partial charge in [-0.3, -0.25) is 0 Å². The first-order valence-electron chi connectivity index (χ1n) is 7.06. The van der Waals surface area contributed by atoms with Crippen molar-refractivity contribution in [1.29, 1.82) is 0 Å². The van der Waals surface area contributed by atoms with E-state index in [2.05, 4.69) is 0 Å². The van der Waals surface area contributed by atoms with E-state index >= 15 is 0 Å². The van der Waals surface area contributed by atoms with E-state index < -0.39 is 10.0 Å². The minimum atomic E-state index is -3.65. The molecule has 0 atom stereocenters. The van der Waals surface area contributed by atoms with Crippen LogP contribution in [-0.2, 0) is 16.6 Å². The van der Waals surface area contributed by atoms with Crippen molar-refractivity contribution >= 4 is 33.2 Å². The van der Waals surface area contributed by atoms with Crippen LogP contribution < -0.4 is 0 Å². The second-order valence-corrected chi connectivity index (χ2v) is 7.86. The van der Waals surface area contributed by atoms with Crippen molar-refractivity contribution in [3.63, 3.8) is 0 Å². The Kier molecular flexibility index (Phi) is 5.91. The first kappa shape index (κ1) is 17.0. The lowest BCUT2D eigenvalue weighted by Crippen LogP contribution is -2.34. The maximum absolute atomic E-state index is 12.8. The van der Waals surface area contributed by atoms with E-state index in [9.17, 15) is 13.5 Å². The Morgan fingerprint density at radius 3 is 2.19 bits per heavy atom. The van der Waals surface area contributed by atoms with E-state index in [-0.39, 0.29) is 27.1 Å². The topological polar surface area (TPSA) is 57.6 Å². The molecule has 0 spiro atoms. The Labute approximate surface area is 135 Å². The Morgan fingerprint density at radius 1 is 1.05 bits per heavy atom. The molecule has 0 bridgehead atoms. The normalized spacial score (nSPS) is 18.2. The van der Waals surface area contributed by atoms with Crippen LogP contribution in [-0.4, -0.2) is 30.9 Å². The lowest BCUT2D eigenvalue weighted by molar-refractivity contribution is 0.281. The third kappa shape index (κ3) is 3.71. The molecular formula is C14H19Cl2NO3S. The van der Waals surface area contributed by atoms with Gasteiger partial charge in [0, 0.05) is 23.7 Å². The number of nitrogens with zero attached hydrogens (tertiary/aromatic N) is 1. The van der Waals surface area contributed by atoms with Crippen molar-refractivity contribution in [3.05, 3.63) is 27.7 Å². The van der Waals surface area contributed by atoms with E-state index in [1.165, 1.54) is 16.4 Å². The van der Waals surface area contributed by atoms with Crippen LogP contribution in [0.2, 0.25) is 10.0 Å². The molecule has 7 heteroatoms. The molecule has 118 valence electrons. The van der Waals surface area contributed by atoms with E-state index in [0.29, 0.717) is 13.1 Å². The van der Waals surface area contributed by atoms with Crippen LogP contribution in [0.4, 0.5) is 0 Å². The second-order valence-electron chi connectivity index (χ2n) is 5.17. The van der Waals surface area contributed by atoms with Crippen molar-refractivity contribution in [2.45, 2.75) is 43.6 Å². The summed E-state index contributed by atoms with van der Waals surface area (Å²) in [5.41, 5.74) is 0.256. The Hall–Kier alpha value is -0.330. The number of aliphatic hydroxyl groups is 1. The van der Waals surface area contributed by atoms with Crippen molar-refractivity contribution in [2.24, 2.45) is 0 Å². The maximum atomic E-state index is 12.8. The molecule has 1 aliphatic rings. The second kappa shape index (κ2) is 7.29. The number of benzene rings is 1. The van der Waals surface area contributed by atoms with Crippen LogP contribution in [0.5, 0.6) is 0 Å². The highest BCUT2D eigenvalue weighted by Gasteiger charge is 2.28. The fraction of sp³-hybridized carbons (Fsp3) is 0.571. The van der Waals surface area contributed by atoms with E-state index in [1.54, 1.807) is 0 Å². The summed E-state index contributed by atoms with van der Waals surface area (Å²) in [6, 6.07) is 2.88. The zero-order valence-corrected chi connectivity index (χ0v) is 14.0. The Morgan fingerprint density at radius 2 is 1.62 bits per heavy atom. The smallest absolute Gasteiger partial charge is 0.244 e. The summed E-state index contributed by atoms with van der Waals surface area (Å²) in [6.45, 7) is 0.631. The highest BCUT2D eigenvalue weighted by atomic mass is 35.5. The van der Waals surface area contributed by atoms with Crippen LogP contribution in [0, 0.1) is 0 Å². The molecule has 4 nitrogen and oxygen atoms in total. The predicted octanol–water partition coefficient (Wildman–Crippen LogP) is 3.44. The van der Waals surface area contributed by atoms with E-state index in [0.717, 1.165) is 32.1 Å². The van der Waals surface area contributed by atoms with Crippen LogP contribution >= 0.6 is 23.2 Å². The zero-order valence-electron chi connectivity index (χ0n) is 11.7. The zero-order chi connectivity index (χ0) is 15.5. The Bertz CT molecular complexity index is 596. The molecule has 1 N–H and O–H groups in total. The summed E-state index contributed by atoms with van der Waals surface area (Å²) in [5.74, 6) is 0. The molecule has 0 radical (unpaired) electrons. The number of halogens is 2. The highest BCUT2D eigenvalue weighted by Crippen LogP contribution is 2.33. The van der Waals surface area contributed by atoms with Crippen LogP contribution in [0.3, 0.4) is 0 Å². The molecule has 1 saturated heterocycles. The minimum absolute atomic E-state index is 0.0204. The average molecular weight is 352 g/mol. The standard InChI is InChI=1S/C14H19Cl2NO3S/c15-12-6-7-13(14(16)11(12)10-18)21(19,20)17-8-4-2-1-3-5-9-17/h6-7,18H,1-5,8-10H2. The van der Waals surface area contributed by atoms with Crippen LogP contribution in [0.25, 0.3) is 0 Å². The molecule has 0 saturated carbocycles. The molecule has 1 aromatic rings. The van der Waals surface area contributed by atoms with Crippen molar-refractivity contribution in [3.8, 4) is 0 Å². The van der Waals surface area contributed by atoms with Gasteiger partial charge in [0.05, 0.1) is 11.6 Å². The summed E-state index contributed by atoms with van der Waals surface area (Å²) in [7, 11) is -3.65. The van der Waals surface area contributed by atoms with Crippen LogP contribution in [0.15, 0.2) is 17.0 Å². The molecule has 1 aliphatic heterocycles.